The first kappa shape index (κ1) is 21.6. The van der Waals surface area contributed by atoms with E-state index in [1.807, 2.05) is 6.92 Å². The number of hydrogen-bond donors (Lipinski definition) is 0. The van der Waals surface area contributed by atoms with Gasteiger partial charge in [0.25, 0.3) is 0 Å². The molecule has 0 aromatic heterocycles. The fourth-order valence-corrected chi connectivity index (χ4v) is 3.40. The standard InChI is InChI=1S/C16H27O6Si/c1-5-15(17)20-9-7-11-23(22-13-19-6-2)12-8-10-21-16(18)14(3)4/h5H,1,3,6-13H2,2,4H3. The quantitative estimate of drug-likeness (QED) is 0.159. The van der Waals surface area contributed by atoms with Crippen LogP contribution in [0.2, 0.25) is 12.1 Å². The molecule has 23 heavy (non-hydrogen) atoms. The molecule has 0 saturated carbocycles. The van der Waals surface area contributed by atoms with Crippen LogP contribution in [-0.4, -0.2) is 47.6 Å². The van der Waals surface area contributed by atoms with Crippen molar-refractivity contribution in [3.63, 3.8) is 0 Å². The largest absolute Gasteiger partial charge is 0.463 e. The molecule has 0 atom stereocenters. The van der Waals surface area contributed by atoms with Crippen LogP contribution in [0.4, 0.5) is 0 Å². The zero-order valence-corrected chi connectivity index (χ0v) is 15.1. The molecule has 0 N–H and O–H groups in total. The van der Waals surface area contributed by atoms with Crippen molar-refractivity contribution in [3.05, 3.63) is 24.8 Å². The van der Waals surface area contributed by atoms with Gasteiger partial charge >= 0.3 is 11.9 Å². The molecule has 1 radical (unpaired) electrons. The van der Waals surface area contributed by atoms with Crippen molar-refractivity contribution in [2.75, 3.05) is 26.6 Å². The maximum atomic E-state index is 11.3. The number of hydrogen-bond acceptors (Lipinski definition) is 6. The molecule has 0 amide bonds. The fraction of sp³-hybridized carbons (Fsp3) is 0.625. The zero-order valence-electron chi connectivity index (χ0n) is 14.1. The molecule has 0 aromatic carbocycles. The molecule has 0 aliphatic rings. The lowest BCUT2D eigenvalue weighted by Crippen LogP contribution is -2.21. The minimum absolute atomic E-state index is 0.267. The van der Waals surface area contributed by atoms with Gasteiger partial charge in [-0.3, -0.25) is 0 Å². The first-order valence-electron chi connectivity index (χ1n) is 7.68. The van der Waals surface area contributed by atoms with Crippen molar-refractivity contribution in [2.45, 2.75) is 38.8 Å². The Morgan fingerprint density at radius 3 is 2.26 bits per heavy atom. The number of rotatable bonds is 14. The summed E-state index contributed by atoms with van der Waals surface area (Å²) in [5.41, 5.74) is 0.396. The van der Waals surface area contributed by atoms with Crippen molar-refractivity contribution in [1.82, 2.24) is 0 Å². The van der Waals surface area contributed by atoms with Gasteiger partial charge in [0.05, 0.1) is 13.2 Å². The summed E-state index contributed by atoms with van der Waals surface area (Å²) in [5, 5.41) is 0. The predicted molar refractivity (Wildman–Crippen MR) is 89.1 cm³/mol. The summed E-state index contributed by atoms with van der Waals surface area (Å²) in [7, 11) is -1.10. The van der Waals surface area contributed by atoms with Gasteiger partial charge < -0.3 is 18.6 Å². The highest BCUT2D eigenvalue weighted by Gasteiger charge is 2.14. The lowest BCUT2D eigenvalue weighted by Gasteiger charge is -2.15. The van der Waals surface area contributed by atoms with Crippen LogP contribution >= 0.6 is 0 Å². The molecular formula is C16H27O6Si. The van der Waals surface area contributed by atoms with Crippen LogP contribution in [0, 0.1) is 0 Å². The van der Waals surface area contributed by atoms with E-state index in [-0.39, 0.29) is 12.8 Å². The molecule has 0 bridgehead atoms. The van der Waals surface area contributed by atoms with Crippen LogP contribution in [0.15, 0.2) is 24.8 Å². The molecule has 7 heteroatoms. The predicted octanol–water partition coefficient (Wildman–Crippen LogP) is 2.62. The summed E-state index contributed by atoms with van der Waals surface area (Å²) in [4.78, 5) is 22.2. The number of carbonyl (C=O) groups excluding carboxylic acids is 2. The van der Waals surface area contributed by atoms with Gasteiger partial charge in [-0.05, 0) is 38.8 Å². The highest BCUT2D eigenvalue weighted by atomic mass is 28.3. The number of ether oxygens (including phenoxy) is 3. The average Bonchev–Trinajstić information content (AvgIpc) is 2.54. The Kier molecular flexibility index (Phi) is 13.3. The highest BCUT2D eigenvalue weighted by molar-refractivity contribution is 6.51. The third-order valence-corrected chi connectivity index (χ3v) is 5.09. The molecule has 0 aromatic rings. The highest BCUT2D eigenvalue weighted by Crippen LogP contribution is 2.09. The molecule has 0 rings (SSSR count). The van der Waals surface area contributed by atoms with Crippen LogP contribution in [0.25, 0.3) is 0 Å². The van der Waals surface area contributed by atoms with Gasteiger partial charge in [-0.25, -0.2) is 9.59 Å². The summed E-state index contributed by atoms with van der Waals surface area (Å²) >= 11 is 0. The Morgan fingerprint density at radius 2 is 1.74 bits per heavy atom. The van der Waals surface area contributed by atoms with Gasteiger partial charge in [0.15, 0.2) is 0 Å². The van der Waals surface area contributed by atoms with E-state index in [0.29, 0.717) is 25.4 Å². The third kappa shape index (κ3) is 12.8. The van der Waals surface area contributed by atoms with Crippen molar-refractivity contribution >= 4 is 21.0 Å². The summed E-state index contributed by atoms with van der Waals surface area (Å²) in [5.74, 6) is -0.786. The van der Waals surface area contributed by atoms with Gasteiger partial charge in [-0.2, -0.15) is 0 Å². The Bertz CT molecular complexity index is 383. The van der Waals surface area contributed by atoms with E-state index in [0.717, 1.165) is 31.0 Å². The molecular weight excluding hydrogens is 316 g/mol. The van der Waals surface area contributed by atoms with Gasteiger partial charge in [0.2, 0.25) is 9.04 Å². The van der Waals surface area contributed by atoms with Gasteiger partial charge in [0, 0.05) is 18.3 Å². The smallest absolute Gasteiger partial charge is 0.333 e. The van der Waals surface area contributed by atoms with Crippen LogP contribution in [0.3, 0.4) is 0 Å². The van der Waals surface area contributed by atoms with Crippen LogP contribution in [-0.2, 0) is 28.2 Å². The maximum Gasteiger partial charge on any atom is 0.333 e. The summed E-state index contributed by atoms with van der Waals surface area (Å²) in [6.45, 7) is 12.0. The van der Waals surface area contributed by atoms with Crippen molar-refractivity contribution in [3.8, 4) is 0 Å². The summed E-state index contributed by atoms with van der Waals surface area (Å²) in [6.07, 6.45) is 2.60. The van der Waals surface area contributed by atoms with E-state index in [9.17, 15) is 9.59 Å². The summed E-state index contributed by atoms with van der Waals surface area (Å²) < 4.78 is 20.9. The van der Waals surface area contributed by atoms with Gasteiger partial charge in [-0.15, -0.1) is 0 Å². The normalized spacial score (nSPS) is 10.4. The van der Waals surface area contributed by atoms with Gasteiger partial charge in [0.1, 0.15) is 6.79 Å². The molecule has 131 valence electrons. The Labute approximate surface area is 140 Å². The molecule has 0 aliphatic carbocycles. The molecule has 0 unspecified atom stereocenters. The van der Waals surface area contributed by atoms with E-state index >= 15 is 0 Å². The van der Waals surface area contributed by atoms with E-state index in [1.165, 1.54) is 0 Å². The molecule has 0 aliphatic heterocycles. The molecule has 0 spiro atoms. The second-order valence-electron chi connectivity index (χ2n) is 4.79. The van der Waals surface area contributed by atoms with E-state index in [2.05, 4.69) is 13.2 Å². The maximum absolute atomic E-state index is 11.3. The van der Waals surface area contributed by atoms with Crippen molar-refractivity contribution < 1.29 is 28.2 Å². The Morgan fingerprint density at radius 1 is 1.13 bits per heavy atom. The topological polar surface area (TPSA) is 71.1 Å². The lowest BCUT2D eigenvalue weighted by molar-refractivity contribution is -0.139. The molecule has 6 nitrogen and oxygen atoms in total. The second-order valence-corrected chi connectivity index (χ2v) is 7.15. The average molecular weight is 343 g/mol. The first-order chi connectivity index (χ1) is 11.0. The van der Waals surface area contributed by atoms with Crippen LogP contribution < -0.4 is 0 Å². The van der Waals surface area contributed by atoms with Crippen molar-refractivity contribution in [1.29, 1.82) is 0 Å². The molecule has 0 saturated heterocycles. The van der Waals surface area contributed by atoms with Crippen LogP contribution in [0.1, 0.15) is 26.7 Å². The Balaban J connectivity index is 3.98. The first-order valence-corrected chi connectivity index (χ1v) is 9.50. The molecule has 0 fully saturated rings. The SMILES string of the molecule is C=CC(=O)OCCC[Si](CCCOC(=O)C(=C)C)OCOCC. The lowest BCUT2D eigenvalue weighted by atomic mass is 10.4. The number of carbonyl (C=O) groups is 2. The zero-order chi connectivity index (χ0) is 17.5. The Hall–Kier alpha value is -1.44. The van der Waals surface area contributed by atoms with E-state index in [1.54, 1.807) is 6.92 Å². The minimum Gasteiger partial charge on any atom is -0.463 e. The fourth-order valence-electron chi connectivity index (χ4n) is 1.54. The van der Waals surface area contributed by atoms with Gasteiger partial charge in [-0.1, -0.05) is 13.2 Å². The third-order valence-electron chi connectivity index (χ3n) is 2.74. The van der Waals surface area contributed by atoms with E-state index in [4.69, 9.17) is 18.6 Å². The van der Waals surface area contributed by atoms with Crippen molar-refractivity contribution in [2.24, 2.45) is 0 Å². The van der Waals surface area contributed by atoms with E-state index < -0.39 is 15.0 Å². The molecule has 0 heterocycles. The minimum atomic E-state index is -1.10. The summed E-state index contributed by atoms with van der Waals surface area (Å²) in [6, 6.07) is 1.66. The monoisotopic (exact) mass is 343 g/mol. The van der Waals surface area contributed by atoms with Crippen LogP contribution in [0.5, 0.6) is 0 Å². The second kappa shape index (κ2) is 14.2. The number of esters is 2.